The van der Waals surface area contributed by atoms with Gasteiger partial charge in [0.1, 0.15) is 0 Å². The zero-order valence-corrected chi connectivity index (χ0v) is 20.6. The molecule has 0 unspecified atom stereocenters. The minimum absolute atomic E-state index is 0.981. The van der Waals surface area contributed by atoms with Crippen molar-refractivity contribution in [3.05, 3.63) is 140 Å². The van der Waals surface area contributed by atoms with E-state index in [2.05, 4.69) is 135 Å². The topological polar surface area (TPSA) is 22.8 Å². The average molecular weight is 486 g/mol. The van der Waals surface area contributed by atoms with E-state index in [9.17, 15) is 0 Å². The van der Waals surface area contributed by atoms with Crippen molar-refractivity contribution in [1.82, 2.24) is 14.1 Å². The van der Waals surface area contributed by atoms with Gasteiger partial charge >= 0.3 is 0 Å². The molecule has 3 aromatic heterocycles. The molecule has 0 aliphatic heterocycles. The maximum atomic E-state index is 4.62. The minimum atomic E-state index is 0.981. The molecule has 0 radical (unpaired) electrons. The van der Waals surface area contributed by atoms with E-state index in [1.807, 2.05) is 18.3 Å². The lowest BCUT2D eigenvalue weighted by Crippen LogP contribution is -1.94. The maximum Gasteiger partial charge on any atom is 0.0702 e. The van der Waals surface area contributed by atoms with Crippen LogP contribution in [0, 0.1) is 0 Å². The van der Waals surface area contributed by atoms with Crippen LogP contribution in [0.2, 0.25) is 0 Å². The van der Waals surface area contributed by atoms with Crippen molar-refractivity contribution in [2.75, 3.05) is 0 Å². The molecule has 0 spiro atoms. The fourth-order valence-corrected chi connectivity index (χ4v) is 5.88. The predicted molar refractivity (Wildman–Crippen MR) is 158 cm³/mol. The summed E-state index contributed by atoms with van der Waals surface area (Å²) >= 11 is 0. The molecule has 0 saturated carbocycles. The fraction of sp³-hybridized carbons (Fsp3) is 0. The Kier molecular flexibility index (Phi) is 4.52. The molecule has 0 fully saturated rings. The van der Waals surface area contributed by atoms with Crippen molar-refractivity contribution in [2.24, 2.45) is 0 Å². The van der Waals surface area contributed by atoms with Crippen LogP contribution in [0.15, 0.2) is 140 Å². The molecule has 8 aromatic rings. The highest BCUT2D eigenvalue weighted by Gasteiger charge is 2.18. The first kappa shape index (κ1) is 21.0. The molecular weight excluding hydrogens is 462 g/mol. The number of rotatable bonds is 3. The van der Waals surface area contributed by atoms with Crippen molar-refractivity contribution in [1.29, 1.82) is 0 Å². The Hall–Kier alpha value is -5.15. The van der Waals surface area contributed by atoms with Crippen LogP contribution < -0.4 is 0 Å². The average Bonchev–Trinajstić information content (AvgIpc) is 3.49. The zero-order chi connectivity index (χ0) is 25.1. The predicted octanol–water partition coefficient (Wildman–Crippen LogP) is 8.94. The van der Waals surface area contributed by atoms with Gasteiger partial charge in [0, 0.05) is 44.7 Å². The monoisotopic (exact) mass is 485 g/mol. The second-order valence-electron chi connectivity index (χ2n) is 9.69. The van der Waals surface area contributed by atoms with Crippen molar-refractivity contribution in [2.45, 2.75) is 0 Å². The number of pyridine rings is 1. The SMILES string of the molecule is c1ccc(-n2c3ccccc3c3cc4c(cc32)c2cc(-c3ccccn3)ccc2n4-c2ccccc2)cc1. The zero-order valence-electron chi connectivity index (χ0n) is 20.6. The molecule has 0 bridgehead atoms. The lowest BCUT2D eigenvalue weighted by Gasteiger charge is -2.09. The van der Waals surface area contributed by atoms with E-state index in [4.69, 9.17) is 0 Å². The Bertz CT molecular complexity index is 2100. The van der Waals surface area contributed by atoms with E-state index in [1.54, 1.807) is 0 Å². The molecule has 0 N–H and O–H groups in total. The molecule has 38 heavy (non-hydrogen) atoms. The van der Waals surface area contributed by atoms with Crippen LogP contribution in [-0.4, -0.2) is 14.1 Å². The molecule has 0 atom stereocenters. The largest absolute Gasteiger partial charge is 0.309 e. The molecule has 178 valence electrons. The Balaban J connectivity index is 1.55. The number of benzene rings is 5. The van der Waals surface area contributed by atoms with Gasteiger partial charge in [0.05, 0.1) is 27.8 Å². The Labute approximate surface area is 219 Å². The number of aromatic nitrogens is 3. The Morgan fingerprint density at radius 3 is 1.61 bits per heavy atom. The highest BCUT2D eigenvalue weighted by atomic mass is 15.0. The molecule has 8 rings (SSSR count). The molecule has 3 heterocycles. The lowest BCUT2D eigenvalue weighted by molar-refractivity contribution is 1.17. The first-order valence-corrected chi connectivity index (χ1v) is 12.9. The third kappa shape index (κ3) is 3.06. The van der Waals surface area contributed by atoms with E-state index in [1.165, 1.54) is 49.3 Å². The molecular formula is C35H23N3. The first-order valence-electron chi connectivity index (χ1n) is 12.9. The first-order chi connectivity index (χ1) is 18.9. The number of fused-ring (bicyclic) bond motifs is 6. The fourth-order valence-electron chi connectivity index (χ4n) is 5.88. The number of hydrogen-bond donors (Lipinski definition) is 0. The summed E-state index contributed by atoms with van der Waals surface area (Å²) in [5.41, 5.74) is 9.24. The minimum Gasteiger partial charge on any atom is -0.309 e. The van der Waals surface area contributed by atoms with Crippen LogP contribution in [0.3, 0.4) is 0 Å². The second-order valence-corrected chi connectivity index (χ2v) is 9.69. The van der Waals surface area contributed by atoms with Gasteiger partial charge in [-0.15, -0.1) is 0 Å². The van der Waals surface area contributed by atoms with Gasteiger partial charge in [-0.3, -0.25) is 4.98 Å². The molecule has 5 aromatic carbocycles. The number of nitrogens with zero attached hydrogens (tertiary/aromatic N) is 3. The van der Waals surface area contributed by atoms with Gasteiger partial charge in [0.2, 0.25) is 0 Å². The highest BCUT2D eigenvalue weighted by molar-refractivity contribution is 6.19. The highest BCUT2D eigenvalue weighted by Crippen LogP contribution is 2.40. The van der Waals surface area contributed by atoms with E-state index in [0.717, 1.165) is 16.9 Å². The molecule has 0 aliphatic rings. The third-order valence-corrected chi connectivity index (χ3v) is 7.55. The summed E-state index contributed by atoms with van der Waals surface area (Å²) in [6.45, 7) is 0. The summed E-state index contributed by atoms with van der Waals surface area (Å²) in [6.07, 6.45) is 1.86. The van der Waals surface area contributed by atoms with Gasteiger partial charge in [-0.2, -0.15) is 0 Å². The van der Waals surface area contributed by atoms with Gasteiger partial charge in [-0.1, -0.05) is 66.7 Å². The summed E-state index contributed by atoms with van der Waals surface area (Å²) in [5.74, 6) is 0. The van der Waals surface area contributed by atoms with Crippen LogP contribution in [-0.2, 0) is 0 Å². The summed E-state index contributed by atoms with van der Waals surface area (Å²) in [7, 11) is 0. The maximum absolute atomic E-state index is 4.62. The van der Waals surface area contributed by atoms with E-state index < -0.39 is 0 Å². The van der Waals surface area contributed by atoms with Crippen LogP contribution in [0.25, 0.3) is 66.2 Å². The van der Waals surface area contributed by atoms with Gasteiger partial charge in [-0.25, -0.2) is 0 Å². The second kappa shape index (κ2) is 8.19. The van der Waals surface area contributed by atoms with Crippen LogP contribution in [0.5, 0.6) is 0 Å². The van der Waals surface area contributed by atoms with Crippen LogP contribution in [0.4, 0.5) is 0 Å². The quantitative estimate of drug-likeness (QED) is 0.245. The van der Waals surface area contributed by atoms with E-state index in [0.29, 0.717) is 0 Å². The molecule has 0 amide bonds. The number of hydrogen-bond acceptors (Lipinski definition) is 1. The molecule has 0 saturated heterocycles. The summed E-state index contributed by atoms with van der Waals surface area (Å²) < 4.78 is 4.78. The van der Waals surface area contributed by atoms with Crippen molar-refractivity contribution in [3.63, 3.8) is 0 Å². The van der Waals surface area contributed by atoms with E-state index in [-0.39, 0.29) is 0 Å². The van der Waals surface area contributed by atoms with Crippen molar-refractivity contribution < 1.29 is 0 Å². The van der Waals surface area contributed by atoms with Crippen LogP contribution >= 0.6 is 0 Å². The van der Waals surface area contributed by atoms with E-state index >= 15 is 0 Å². The van der Waals surface area contributed by atoms with Crippen molar-refractivity contribution >= 4 is 43.6 Å². The van der Waals surface area contributed by atoms with Gasteiger partial charge in [-0.05, 0) is 66.7 Å². The molecule has 3 heteroatoms. The summed E-state index contributed by atoms with van der Waals surface area (Å²) in [6, 6.07) is 47.5. The Morgan fingerprint density at radius 1 is 0.395 bits per heavy atom. The molecule has 0 aliphatic carbocycles. The van der Waals surface area contributed by atoms with Gasteiger partial charge in [0.15, 0.2) is 0 Å². The lowest BCUT2D eigenvalue weighted by atomic mass is 10.1. The Morgan fingerprint density at radius 2 is 0.947 bits per heavy atom. The third-order valence-electron chi connectivity index (χ3n) is 7.55. The molecule has 3 nitrogen and oxygen atoms in total. The normalized spacial score (nSPS) is 11.7. The number of para-hydroxylation sites is 3. The van der Waals surface area contributed by atoms with Gasteiger partial charge < -0.3 is 9.13 Å². The standard InChI is InChI=1S/C35H23N3/c1-3-11-25(12-4-1)37-32-17-8-7-15-27(32)29-22-35-30(23-34(29)37)28-21-24(31-16-9-10-20-36-31)18-19-33(28)38(35)26-13-5-2-6-14-26/h1-23H. The smallest absolute Gasteiger partial charge is 0.0702 e. The van der Waals surface area contributed by atoms with Gasteiger partial charge in [0.25, 0.3) is 0 Å². The summed E-state index contributed by atoms with van der Waals surface area (Å²) in [5, 5.41) is 4.96. The summed E-state index contributed by atoms with van der Waals surface area (Å²) in [4.78, 5) is 4.62. The van der Waals surface area contributed by atoms with Crippen molar-refractivity contribution in [3.8, 4) is 22.6 Å². The van der Waals surface area contributed by atoms with Crippen LogP contribution in [0.1, 0.15) is 0 Å².